The number of hydrogen-bond donors (Lipinski definition) is 2. The molecule has 3 amide bonds. The molecule has 8 nitrogen and oxygen atoms in total. The predicted molar refractivity (Wildman–Crippen MR) is 78.9 cm³/mol. The van der Waals surface area contributed by atoms with E-state index >= 15 is 0 Å². The number of amides is 3. The van der Waals surface area contributed by atoms with Crippen LogP contribution in [0.3, 0.4) is 0 Å². The van der Waals surface area contributed by atoms with Crippen molar-refractivity contribution < 1.29 is 9.59 Å². The number of nitrogens with one attached hydrogen (secondary N) is 1. The zero-order valence-electron chi connectivity index (χ0n) is 12.2. The van der Waals surface area contributed by atoms with Crippen molar-refractivity contribution in [1.29, 1.82) is 0 Å². The Morgan fingerprint density at radius 3 is 2.62 bits per heavy atom. The number of likely N-dealkylation sites (tertiary alicyclic amines) is 1. The second-order valence-electron chi connectivity index (χ2n) is 5.28. The highest BCUT2D eigenvalue weighted by Gasteiger charge is 2.27. The number of rotatable bonds is 3. The molecule has 1 aromatic rings. The molecule has 114 valence electrons. The number of carbonyl (C=O) groups is 2. The second-order valence-corrected chi connectivity index (χ2v) is 5.28. The van der Waals surface area contributed by atoms with Gasteiger partial charge in [-0.2, -0.15) is 0 Å². The first-order valence-corrected chi connectivity index (χ1v) is 6.82. The second kappa shape index (κ2) is 6.38. The SMILES string of the molecule is CN(C)c1ncc(NC(=O)N2CCC[C@H](C(N)=O)C2)cn1. The molecule has 2 heterocycles. The molecular formula is C13H20N6O2. The van der Waals surface area contributed by atoms with Crippen molar-refractivity contribution >= 4 is 23.6 Å². The van der Waals surface area contributed by atoms with E-state index in [1.807, 2.05) is 14.1 Å². The van der Waals surface area contributed by atoms with Crippen LogP contribution in [0.1, 0.15) is 12.8 Å². The Labute approximate surface area is 123 Å². The molecule has 0 radical (unpaired) electrons. The first kappa shape index (κ1) is 15.0. The molecule has 0 aromatic carbocycles. The predicted octanol–water partition coefficient (Wildman–Crippen LogP) is 0.272. The van der Waals surface area contributed by atoms with Gasteiger partial charge in [0.15, 0.2) is 0 Å². The molecule has 1 saturated heterocycles. The molecule has 1 aliphatic rings. The Balaban J connectivity index is 1.96. The maximum atomic E-state index is 12.2. The molecule has 1 atom stereocenters. The Hall–Kier alpha value is -2.38. The lowest BCUT2D eigenvalue weighted by Crippen LogP contribution is -2.45. The van der Waals surface area contributed by atoms with E-state index in [-0.39, 0.29) is 17.9 Å². The summed E-state index contributed by atoms with van der Waals surface area (Å²) < 4.78 is 0. The fraction of sp³-hybridized carbons (Fsp3) is 0.538. The fourth-order valence-corrected chi connectivity index (χ4v) is 2.21. The van der Waals surface area contributed by atoms with Gasteiger partial charge in [0.05, 0.1) is 24.0 Å². The highest BCUT2D eigenvalue weighted by molar-refractivity contribution is 5.89. The van der Waals surface area contributed by atoms with E-state index in [1.165, 1.54) is 0 Å². The van der Waals surface area contributed by atoms with E-state index in [9.17, 15) is 9.59 Å². The van der Waals surface area contributed by atoms with Crippen LogP contribution in [-0.4, -0.2) is 54.0 Å². The summed E-state index contributed by atoms with van der Waals surface area (Å²) in [4.78, 5) is 35.0. The van der Waals surface area contributed by atoms with Crippen LogP contribution < -0.4 is 16.0 Å². The minimum atomic E-state index is -0.355. The number of anilines is 2. The van der Waals surface area contributed by atoms with E-state index in [0.717, 1.165) is 12.8 Å². The molecule has 0 spiro atoms. The number of piperidine rings is 1. The van der Waals surface area contributed by atoms with Crippen LogP contribution in [0, 0.1) is 5.92 Å². The quantitative estimate of drug-likeness (QED) is 0.832. The molecule has 1 fully saturated rings. The van der Waals surface area contributed by atoms with Crippen LogP contribution in [0.4, 0.5) is 16.4 Å². The van der Waals surface area contributed by atoms with Gasteiger partial charge in [0.2, 0.25) is 11.9 Å². The average molecular weight is 292 g/mol. The lowest BCUT2D eigenvalue weighted by molar-refractivity contribution is -0.123. The van der Waals surface area contributed by atoms with Gasteiger partial charge in [-0.1, -0.05) is 0 Å². The van der Waals surface area contributed by atoms with Crippen molar-refractivity contribution in [3.8, 4) is 0 Å². The van der Waals surface area contributed by atoms with Gasteiger partial charge in [0.25, 0.3) is 0 Å². The first-order chi connectivity index (χ1) is 9.97. The number of hydrogen-bond acceptors (Lipinski definition) is 5. The van der Waals surface area contributed by atoms with Crippen molar-refractivity contribution in [2.45, 2.75) is 12.8 Å². The lowest BCUT2D eigenvalue weighted by Gasteiger charge is -2.31. The summed E-state index contributed by atoms with van der Waals surface area (Å²) in [5.74, 6) is -0.0530. The largest absolute Gasteiger partial charge is 0.369 e. The summed E-state index contributed by atoms with van der Waals surface area (Å²) in [6.07, 6.45) is 4.61. The van der Waals surface area contributed by atoms with Gasteiger partial charge in [0.1, 0.15) is 0 Å². The Bertz CT molecular complexity index is 516. The Morgan fingerprint density at radius 1 is 1.38 bits per heavy atom. The third-order valence-corrected chi connectivity index (χ3v) is 3.40. The third kappa shape index (κ3) is 3.80. The van der Waals surface area contributed by atoms with E-state index < -0.39 is 0 Å². The molecular weight excluding hydrogens is 272 g/mol. The monoisotopic (exact) mass is 292 g/mol. The van der Waals surface area contributed by atoms with Gasteiger partial charge in [0, 0.05) is 27.2 Å². The van der Waals surface area contributed by atoms with Gasteiger partial charge < -0.3 is 20.9 Å². The maximum Gasteiger partial charge on any atom is 0.321 e. The zero-order valence-corrected chi connectivity index (χ0v) is 12.2. The number of carbonyl (C=O) groups excluding carboxylic acids is 2. The van der Waals surface area contributed by atoms with Gasteiger partial charge in [-0.05, 0) is 12.8 Å². The first-order valence-electron chi connectivity index (χ1n) is 6.82. The van der Waals surface area contributed by atoms with E-state index in [4.69, 9.17) is 5.73 Å². The molecule has 1 aliphatic heterocycles. The molecule has 0 bridgehead atoms. The number of nitrogens with zero attached hydrogens (tertiary/aromatic N) is 4. The number of primary amides is 1. The van der Waals surface area contributed by atoms with Gasteiger partial charge in [-0.25, -0.2) is 14.8 Å². The van der Waals surface area contributed by atoms with Crippen LogP contribution in [0.15, 0.2) is 12.4 Å². The van der Waals surface area contributed by atoms with Crippen LogP contribution >= 0.6 is 0 Å². The minimum absolute atomic E-state index is 0.262. The Morgan fingerprint density at radius 2 is 2.05 bits per heavy atom. The summed E-state index contributed by atoms with van der Waals surface area (Å²) in [7, 11) is 3.68. The van der Waals surface area contributed by atoms with Gasteiger partial charge >= 0.3 is 6.03 Å². The molecule has 2 rings (SSSR count). The normalized spacial score (nSPS) is 18.2. The number of nitrogens with two attached hydrogens (primary N) is 1. The summed E-state index contributed by atoms with van der Waals surface area (Å²) in [5, 5.41) is 2.73. The van der Waals surface area contributed by atoms with Crippen molar-refractivity contribution in [1.82, 2.24) is 14.9 Å². The van der Waals surface area contributed by atoms with Crippen molar-refractivity contribution in [3.63, 3.8) is 0 Å². The van der Waals surface area contributed by atoms with Crippen LogP contribution in [0.5, 0.6) is 0 Å². The van der Waals surface area contributed by atoms with Gasteiger partial charge in [-0.15, -0.1) is 0 Å². The van der Waals surface area contributed by atoms with Crippen molar-refractivity contribution in [2.75, 3.05) is 37.4 Å². The average Bonchev–Trinajstić information content (AvgIpc) is 2.48. The minimum Gasteiger partial charge on any atom is -0.369 e. The van der Waals surface area contributed by atoms with Crippen LogP contribution in [0.2, 0.25) is 0 Å². The third-order valence-electron chi connectivity index (χ3n) is 3.40. The standard InChI is InChI=1S/C13H20N6O2/c1-18(2)12-15-6-10(7-16-12)17-13(21)19-5-3-4-9(8-19)11(14)20/h6-7,9H,3-5,8H2,1-2H3,(H2,14,20)(H,17,21)/t9-/m0/s1. The van der Waals surface area contributed by atoms with E-state index in [0.29, 0.717) is 24.7 Å². The number of urea groups is 1. The summed E-state index contributed by atoms with van der Waals surface area (Å²) >= 11 is 0. The fourth-order valence-electron chi connectivity index (χ4n) is 2.21. The molecule has 0 aliphatic carbocycles. The highest BCUT2D eigenvalue weighted by atomic mass is 16.2. The molecule has 3 N–H and O–H groups in total. The lowest BCUT2D eigenvalue weighted by atomic mass is 9.98. The summed E-state index contributed by atoms with van der Waals surface area (Å²) in [6, 6.07) is -0.262. The van der Waals surface area contributed by atoms with Crippen LogP contribution in [0.25, 0.3) is 0 Å². The molecule has 1 aromatic heterocycles. The van der Waals surface area contributed by atoms with E-state index in [2.05, 4.69) is 15.3 Å². The molecule has 0 saturated carbocycles. The van der Waals surface area contributed by atoms with Crippen LogP contribution in [-0.2, 0) is 4.79 Å². The van der Waals surface area contributed by atoms with E-state index in [1.54, 1.807) is 22.2 Å². The zero-order chi connectivity index (χ0) is 15.4. The topological polar surface area (TPSA) is 104 Å². The smallest absolute Gasteiger partial charge is 0.321 e. The summed E-state index contributed by atoms with van der Waals surface area (Å²) in [6.45, 7) is 0.976. The number of aromatic nitrogens is 2. The Kier molecular flexibility index (Phi) is 4.56. The van der Waals surface area contributed by atoms with Crippen molar-refractivity contribution in [3.05, 3.63) is 12.4 Å². The molecule has 21 heavy (non-hydrogen) atoms. The maximum absolute atomic E-state index is 12.2. The summed E-state index contributed by atoms with van der Waals surface area (Å²) in [5.41, 5.74) is 5.83. The molecule has 0 unspecified atom stereocenters. The molecule has 8 heteroatoms. The van der Waals surface area contributed by atoms with Gasteiger partial charge in [-0.3, -0.25) is 4.79 Å². The van der Waals surface area contributed by atoms with Crippen molar-refractivity contribution in [2.24, 2.45) is 11.7 Å². The highest BCUT2D eigenvalue weighted by Crippen LogP contribution is 2.17.